The molecule has 4 rings (SSSR count). The van der Waals surface area contributed by atoms with Crippen LogP contribution in [0.1, 0.15) is 37.5 Å². The molecule has 0 amide bonds. The highest BCUT2D eigenvalue weighted by Crippen LogP contribution is 2.30. The van der Waals surface area contributed by atoms with Crippen LogP contribution in [0, 0.1) is 5.92 Å². The number of nitrogens with zero attached hydrogens (tertiary/aromatic N) is 2. The molecule has 0 atom stereocenters. The van der Waals surface area contributed by atoms with Gasteiger partial charge in [0.25, 0.3) is 0 Å². The number of amidine groups is 1. The zero-order valence-electron chi connectivity index (χ0n) is 19.5. The molecule has 170 valence electrons. The molecule has 0 bridgehead atoms. The first-order chi connectivity index (χ1) is 16.1. The number of hydrazone groups is 1. The third kappa shape index (κ3) is 5.34. The van der Waals surface area contributed by atoms with Crippen LogP contribution in [0.3, 0.4) is 0 Å². The quantitative estimate of drug-likeness (QED) is 0.495. The Bertz CT molecular complexity index is 1150. The van der Waals surface area contributed by atoms with Crippen molar-refractivity contribution in [3.05, 3.63) is 83.4 Å². The molecule has 3 aromatic carbocycles. The van der Waals surface area contributed by atoms with Crippen molar-refractivity contribution in [2.45, 2.75) is 20.8 Å². The van der Waals surface area contributed by atoms with E-state index in [1.54, 1.807) is 7.11 Å². The SMILES string of the molecule is CCOc1ccc2c(c1)C(c1ccc(OCC(C)C)cc1)=NNC(c1ccc(OC)cc1)=N2. The van der Waals surface area contributed by atoms with E-state index in [2.05, 4.69) is 19.3 Å². The van der Waals surface area contributed by atoms with Crippen molar-refractivity contribution in [3.8, 4) is 17.2 Å². The molecule has 0 aromatic heterocycles. The Balaban J connectivity index is 1.72. The van der Waals surface area contributed by atoms with Crippen LogP contribution in [0.15, 0.2) is 76.8 Å². The highest BCUT2D eigenvalue weighted by atomic mass is 16.5. The minimum Gasteiger partial charge on any atom is -0.497 e. The summed E-state index contributed by atoms with van der Waals surface area (Å²) in [6, 6.07) is 21.6. The smallest absolute Gasteiger partial charge is 0.154 e. The second kappa shape index (κ2) is 10.2. The van der Waals surface area contributed by atoms with Gasteiger partial charge in [-0.05, 0) is 79.6 Å². The van der Waals surface area contributed by atoms with Gasteiger partial charge in [0.1, 0.15) is 23.0 Å². The number of rotatable bonds is 8. The Kier molecular flexibility index (Phi) is 6.93. The lowest BCUT2D eigenvalue weighted by molar-refractivity contribution is 0.271. The van der Waals surface area contributed by atoms with Crippen LogP contribution in [0.5, 0.6) is 17.2 Å². The van der Waals surface area contributed by atoms with Crippen molar-refractivity contribution in [2.75, 3.05) is 20.3 Å². The molecule has 3 aromatic rings. The Morgan fingerprint density at radius 3 is 2.15 bits per heavy atom. The first-order valence-corrected chi connectivity index (χ1v) is 11.1. The molecule has 0 fully saturated rings. The van der Waals surface area contributed by atoms with Gasteiger partial charge in [0.2, 0.25) is 0 Å². The third-order valence-electron chi connectivity index (χ3n) is 5.11. The minimum absolute atomic E-state index is 0.470. The highest BCUT2D eigenvalue weighted by Gasteiger charge is 2.18. The molecule has 1 aliphatic rings. The maximum Gasteiger partial charge on any atom is 0.154 e. The summed E-state index contributed by atoms with van der Waals surface area (Å²) < 4.78 is 16.9. The van der Waals surface area contributed by atoms with Crippen molar-refractivity contribution in [2.24, 2.45) is 16.0 Å². The predicted molar refractivity (Wildman–Crippen MR) is 132 cm³/mol. The van der Waals surface area contributed by atoms with Crippen LogP contribution in [0.4, 0.5) is 5.69 Å². The standard InChI is InChI=1S/C27H29N3O3/c1-5-32-23-14-15-25-24(16-23)26(19-6-12-22(13-7-19)33-17-18(2)3)29-30-27(28-25)20-8-10-21(31-4)11-9-20/h6-16,18H,5,17H2,1-4H3,(H,28,30). The van der Waals surface area contributed by atoms with Crippen molar-refractivity contribution >= 4 is 17.2 Å². The number of hydrogen-bond donors (Lipinski definition) is 1. The molecule has 0 aliphatic carbocycles. The number of aliphatic imine (C=N–C) groups is 1. The van der Waals surface area contributed by atoms with E-state index in [9.17, 15) is 0 Å². The fourth-order valence-corrected chi connectivity index (χ4v) is 3.44. The number of nitrogens with one attached hydrogen (secondary N) is 1. The van der Waals surface area contributed by atoms with Crippen LogP contribution in [-0.4, -0.2) is 31.9 Å². The van der Waals surface area contributed by atoms with E-state index in [1.165, 1.54) is 0 Å². The fraction of sp³-hybridized carbons (Fsp3) is 0.259. The van der Waals surface area contributed by atoms with E-state index in [-0.39, 0.29) is 0 Å². The largest absolute Gasteiger partial charge is 0.497 e. The summed E-state index contributed by atoms with van der Waals surface area (Å²) in [6.45, 7) is 7.51. The van der Waals surface area contributed by atoms with Gasteiger partial charge in [-0.2, -0.15) is 5.10 Å². The summed E-state index contributed by atoms with van der Waals surface area (Å²) in [4.78, 5) is 4.88. The van der Waals surface area contributed by atoms with Gasteiger partial charge in [0.15, 0.2) is 5.84 Å². The normalized spacial score (nSPS) is 12.8. The monoisotopic (exact) mass is 443 g/mol. The molecule has 1 N–H and O–H groups in total. The molecule has 0 spiro atoms. The Hall–Kier alpha value is -3.80. The maximum atomic E-state index is 5.84. The molecule has 0 saturated heterocycles. The van der Waals surface area contributed by atoms with Crippen LogP contribution >= 0.6 is 0 Å². The van der Waals surface area contributed by atoms with Gasteiger partial charge in [-0.1, -0.05) is 13.8 Å². The van der Waals surface area contributed by atoms with Gasteiger partial charge in [-0.15, -0.1) is 0 Å². The molecule has 0 radical (unpaired) electrons. The molecular formula is C27H29N3O3. The van der Waals surface area contributed by atoms with Crippen LogP contribution in [0.25, 0.3) is 0 Å². The number of methoxy groups -OCH3 is 1. The van der Waals surface area contributed by atoms with E-state index in [4.69, 9.17) is 24.3 Å². The lowest BCUT2D eigenvalue weighted by atomic mass is 10.0. The lowest BCUT2D eigenvalue weighted by Crippen LogP contribution is -2.19. The van der Waals surface area contributed by atoms with Crippen molar-refractivity contribution < 1.29 is 14.2 Å². The van der Waals surface area contributed by atoms with E-state index in [0.717, 1.165) is 45.3 Å². The number of fused-ring (bicyclic) bond motifs is 1. The summed E-state index contributed by atoms with van der Waals surface area (Å²) in [6.07, 6.45) is 0. The van der Waals surface area contributed by atoms with E-state index >= 15 is 0 Å². The molecule has 6 nitrogen and oxygen atoms in total. The topological polar surface area (TPSA) is 64.4 Å². The number of benzene rings is 3. The van der Waals surface area contributed by atoms with Gasteiger partial charge in [0.05, 0.1) is 26.0 Å². The first-order valence-electron chi connectivity index (χ1n) is 11.1. The molecule has 1 aliphatic heterocycles. The summed E-state index contributed by atoms with van der Waals surface area (Å²) in [5.74, 6) is 3.54. The fourth-order valence-electron chi connectivity index (χ4n) is 3.44. The van der Waals surface area contributed by atoms with Gasteiger partial charge in [-0.25, -0.2) is 4.99 Å². The van der Waals surface area contributed by atoms with Gasteiger partial charge < -0.3 is 14.2 Å². The van der Waals surface area contributed by atoms with Crippen molar-refractivity contribution in [3.63, 3.8) is 0 Å². The second-order valence-corrected chi connectivity index (χ2v) is 8.10. The second-order valence-electron chi connectivity index (χ2n) is 8.10. The summed E-state index contributed by atoms with van der Waals surface area (Å²) in [5.41, 5.74) is 7.53. The molecule has 1 heterocycles. The first kappa shape index (κ1) is 22.4. The third-order valence-corrected chi connectivity index (χ3v) is 5.11. The Morgan fingerprint density at radius 1 is 0.818 bits per heavy atom. The van der Waals surface area contributed by atoms with Crippen molar-refractivity contribution in [1.82, 2.24) is 5.43 Å². The average Bonchev–Trinajstić information content (AvgIpc) is 3.03. The van der Waals surface area contributed by atoms with Gasteiger partial charge >= 0.3 is 0 Å². The van der Waals surface area contributed by atoms with E-state index in [0.29, 0.717) is 25.0 Å². The maximum absolute atomic E-state index is 5.84. The van der Waals surface area contributed by atoms with Crippen LogP contribution in [-0.2, 0) is 0 Å². The summed E-state index contributed by atoms with van der Waals surface area (Å²) in [7, 11) is 1.65. The summed E-state index contributed by atoms with van der Waals surface area (Å²) in [5, 5.41) is 4.75. The molecule has 0 unspecified atom stereocenters. The molecule has 0 saturated carbocycles. The van der Waals surface area contributed by atoms with E-state index < -0.39 is 0 Å². The van der Waals surface area contributed by atoms with Crippen LogP contribution < -0.4 is 19.6 Å². The average molecular weight is 444 g/mol. The zero-order chi connectivity index (χ0) is 23.2. The molecular weight excluding hydrogens is 414 g/mol. The number of ether oxygens (including phenoxy) is 3. The van der Waals surface area contributed by atoms with E-state index in [1.807, 2.05) is 73.7 Å². The zero-order valence-corrected chi connectivity index (χ0v) is 19.5. The number of hydrogen-bond acceptors (Lipinski definition) is 6. The van der Waals surface area contributed by atoms with Crippen molar-refractivity contribution in [1.29, 1.82) is 0 Å². The van der Waals surface area contributed by atoms with Crippen LogP contribution in [0.2, 0.25) is 0 Å². The highest BCUT2D eigenvalue weighted by molar-refractivity contribution is 6.18. The van der Waals surface area contributed by atoms with Gasteiger partial charge in [-0.3, -0.25) is 5.43 Å². The lowest BCUT2D eigenvalue weighted by Gasteiger charge is -2.12. The summed E-state index contributed by atoms with van der Waals surface area (Å²) >= 11 is 0. The predicted octanol–water partition coefficient (Wildman–Crippen LogP) is 5.56. The minimum atomic E-state index is 0.470. The van der Waals surface area contributed by atoms with Gasteiger partial charge in [0, 0.05) is 16.7 Å². The molecule has 6 heteroatoms. The Morgan fingerprint density at radius 2 is 1.48 bits per heavy atom. The molecule has 33 heavy (non-hydrogen) atoms. The Labute approximate surface area is 194 Å².